The van der Waals surface area contributed by atoms with E-state index in [0.717, 1.165) is 28.7 Å². The number of aliphatic hydroxyl groups excluding tert-OH is 8. The number of piperidine rings is 1. The summed E-state index contributed by atoms with van der Waals surface area (Å²) in [5, 5.41) is 81.3. The lowest BCUT2D eigenvalue weighted by atomic mass is 9.70. The van der Waals surface area contributed by atoms with Crippen molar-refractivity contribution >= 4 is 11.8 Å². The second kappa shape index (κ2) is 15.7. The first-order chi connectivity index (χ1) is 25.9. The highest BCUT2D eigenvalue weighted by atomic mass is 16.5. The Morgan fingerprint density at radius 2 is 1.28 bits per heavy atom. The zero-order chi connectivity index (χ0) is 38.3. The molecule has 0 bridgehead atoms. The van der Waals surface area contributed by atoms with E-state index in [9.17, 15) is 50.4 Å². The van der Waals surface area contributed by atoms with E-state index >= 15 is 0 Å². The van der Waals surface area contributed by atoms with Gasteiger partial charge in [-0.25, -0.2) is 0 Å². The predicted octanol–water partition coefficient (Wildman–Crippen LogP) is -2.02. The molecule has 54 heavy (non-hydrogen) atoms. The molecule has 2 amide bonds. The molecule has 2 aromatic rings. The normalized spacial score (nSPS) is 32.7. The van der Waals surface area contributed by atoms with Gasteiger partial charge < -0.3 is 60.1 Å². The highest BCUT2D eigenvalue weighted by molar-refractivity contribution is 5.86. The molecule has 1 spiro atoms. The van der Waals surface area contributed by atoms with Gasteiger partial charge in [-0.3, -0.25) is 9.59 Å². The first kappa shape index (κ1) is 38.4. The van der Waals surface area contributed by atoms with Gasteiger partial charge in [0.2, 0.25) is 11.8 Å². The van der Waals surface area contributed by atoms with Crippen molar-refractivity contribution < 1.29 is 59.9 Å². The van der Waals surface area contributed by atoms with Gasteiger partial charge in [-0.2, -0.15) is 0 Å². The third-order valence-electron chi connectivity index (χ3n) is 11.6. The predicted molar refractivity (Wildman–Crippen MR) is 190 cm³/mol. The van der Waals surface area contributed by atoms with Crippen LogP contribution in [-0.4, -0.2) is 163 Å². The Morgan fingerprint density at radius 1 is 0.741 bits per heavy atom. The van der Waals surface area contributed by atoms with Gasteiger partial charge in [0.15, 0.2) is 0 Å². The van der Waals surface area contributed by atoms with Crippen molar-refractivity contribution in [2.45, 2.75) is 98.6 Å². The number of benzene rings is 2. The Kier molecular flexibility index (Phi) is 11.1. The molecule has 14 nitrogen and oxygen atoms in total. The van der Waals surface area contributed by atoms with Crippen molar-refractivity contribution in [2.75, 3.05) is 39.4 Å². The van der Waals surface area contributed by atoms with Gasteiger partial charge in [-0.05, 0) is 72.2 Å². The van der Waals surface area contributed by atoms with Gasteiger partial charge in [0.05, 0.1) is 19.3 Å². The van der Waals surface area contributed by atoms with Crippen LogP contribution in [0.3, 0.4) is 0 Å². The number of amides is 2. The minimum Gasteiger partial charge on any atom is -0.396 e. The van der Waals surface area contributed by atoms with E-state index in [0.29, 0.717) is 50.0 Å². The number of rotatable bonds is 5. The summed E-state index contributed by atoms with van der Waals surface area (Å²) in [6.07, 6.45) is -10.7. The number of nitrogens with zero attached hydrogens (tertiary/aromatic N) is 2. The van der Waals surface area contributed by atoms with Gasteiger partial charge in [-0.15, -0.1) is 0 Å². The highest BCUT2D eigenvalue weighted by Gasteiger charge is 2.47. The molecule has 288 valence electrons. The molecule has 4 saturated heterocycles. The van der Waals surface area contributed by atoms with E-state index in [1.165, 1.54) is 0 Å². The Morgan fingerprint density at radius 3 is 1.78 bits per heavy atom. The van der Waals surface area contributed by atoms with Crippen LogP contribution in [0.2, 0.25) is 0 Å². The second-order valence-electron chi connectivity index (χ2n) is 14.8. The molecule has 7 rings (SSSR count). The number of likely N-dealkylation sites (tertiary alicyclic amines) is 2. The van der Waals surface area contributed by atoms with Gasteiger partial charge in [0, 0.05) is 49.2 Å². The second-order valence-corrected chi connectivity index (χ2v) is 14.8. The number of hydrogen-bond acceptors (Lipinski definition) is 12. The molecule has 8 N–H and O–H groups in total. The fraction of sp³-hybridized carbons (Fsp3) is 0.550. The fourth-order valence-corrected chi connectivity index (χ4v) is 8.43. The van der Waals surface area contributed by atoms with E-state index in [1.54, 1.807) is 9.80 Å². The molecule has 14 heteroatoms. The van der Waals surface area contributed by atoms with Crippen molar-refractivity contribution in [1.82, 2.24) is 9.80 Å². The van der Waals surface area contributed by atoms with Crippen LogP contribution in [0.15, 0.2) is 36.4 Å². The third kappa shape index (κ3) is 7.04. The first-order valence-corrected chi connectivity index (χ1v) is 18.4. The number of ether oxygens (including phenoxy) is 2. The molecule has 0 aromatic heterocycles. The lowest BCUT2D eigenvalue weighted by molar-refractivity contribution is -0.214. The number of carbonyl (C=O) groups is 2. The van der Waals surface area contributed by atoms with Gasteiger partial charge in [0.1, 0.15) is 54.9 Å². The summed E-state index contributed by atoms with van der Waals surface area (Å²) in [5.41, 5.74) is 4.58. The molecule has 0 unspecified atom stereocenters. The molecule has 0 radical (unpaired) electrons. The van der Waals surface area contributed by atoms with Crippen molar-refractivity contribution in [2.24, 2.45) is 0 Å². The molecule has 4 fully saturated rings. The van der Waals surface area contributed by atoms with Crippen LogP contribution in [0.1, 0.15) is 54.4 Å². The Balaban J connectivity index is 1.20. The van der Waals surface area contributed by atoms with E-state index in [4.69, 9.17) is 9.47 Å². The number of carbonyl (C=O) groups excluding carboxylic acids is 2. The van der Waals surface area contributed by atoms with Gasteiger partial charge >= 0.3 is 0 Å². The molecule has 4 aliphatic heterocycles. The summed E-state index contributed by atoms with van der Waals surface area (Å²) in [4.78, 5) is 29.0. The Hall–Kier alpha value is -3.90. The number of aliphatic hydroxyl groups is 8. The minimum atomic E-state index is -1.55. The summed E-state index contributed by atoms with van der Waals surface area (Å²) in [6.45, 7) is 0.655. The van der Waals surface area contributed by atoms with Crippen LogP contribution in [0.25, 0.3) is 11.1 Å². The monoisotopic (exact) mass is 746 g/mol. The quantitative estimate of drug-likeness (QED) is 0.156. The van der Waals surface area contributed by atoms with Crippen LogP contribution in [0.4, 0.5) is 0 Å². The standard InChI is InChI=1S/C40H46N2O12/c43-17-11-30-36(49)38(51)34(47)28(53-30)9-5-22-3-7-24-25-8-4-23(6-10-29-35(48)39(52)37(50)31(21-44)54-29)19-27(25)40(26(24)18-22)12-15-41(16-13-40)33(46)20-42-14-1-2-32(42)45/h3-4,7-8,18-19,28-31,34-39,43-44,47-52H,1-2,11-17,20-21H2/t28-,29-,30-,31-,34-,35-,36-,37-,38-,39-/m1/s1. The van der Waals surface area contributed by atoms with Gasteiger partial charge in [-0.1, -0.05) is 35.8 Å². The smallest absolute Gasteiger partial charge is 0.242 e. The Labute approximate surface area is 312 Å². The molecule has 2 aromatic carbocycles. The molecule has 1 aliphatic carbocycles. The van der Waals surface area contributed by atoms with Crippen molar-refractivity contribution in [3.63, 3.8) is 0 Å². The largest absolute Gasteiger partial charge is 0.396 e. The maximum atomic E-state index is 13.4. The summed E-state index contributed by atoms with van der Waals surface area (Å²) < 4.78 is 11.4. The summed E-state index contributed by atoms with van der Waals surface area (Å²) >= 11 is 0. The first-order valence-electron chi connectivity index (χ1n) is 18.4. The van der Waals surface area contributed by atoms with Crippen LogP contribution in [0, 0.1) is 23.7 Å². The van der Waals surface area contributed by atoms with Crippen LogP contribution < -0.4 is 0 Å². The van der Waals surface area contributed by atoms with Crippen LogP contribution >= 0.6 is 0 Å². The van der Waals surface area contributed by atoms with Gasteiger partial charge in [0.25, 0.3) is 0 Å². The molecule has 10 atom stereocenters. The molecular weight excluding hydrogens is 700 g/mol. The van der Waals surface area contributed by atoms with E-state index in [2.05, 4.69) is 23.7 Å². The van der Waals surface area contributed by atoms with Crippen molar-refractivity contribution in [3.05, 3.63) is 58.7 Å². The number of hydrogen-bond donors (Lipinski definition) is 8. The maximum absolute atomic E-state index is 13.4. The maximum Gasteiger partial charge on any atom is 0.242 e. The van der Waals surface area contributed by atoms with E-state index < -0.39 is 73.1 Å². The summed E-state index contributed by atoms with van der Waals surface area (Å²) in [6, 6.07) is 11.6. The highest BCUT2D eigenvalue weighted by Crippen LogP contribution is 2.54. The average Bonchev–Trinajstić information content (AvgIpc) is 3.70. The van der Waals surface area contributed by atoms with Crippen molar-refractivity contribution in [1.29, 1.82) is 0 Å². The molecular formula is C40H46N2O12. The van der Waals surface area contributed by atoms with Crippen LogP contribution in [0.5, 0.6) is 0 Å². The minimum absolute atomic E-state index is 0.0118. The lowest BCUT2D eigenvalue weighted by Crippen LogP contribution is -2.58. The third-order valence-corrected chi connectivity index (χ3v) is 11.6. The SMILES string of the molecule is O=C(CN1CCCC1=O)N1CCC2(CC1)c1cc(C#C[C@H]3O[C@H](CO)[C@@H](O)[C@H](O)[C@@H]3O)ccc1-c1ccc(C#C[C@H]3O[C@H](CCO)[C@@H](O)[C@H](O)[C@@H]3O)cc12. The topological polar surface area (TPSA) is 221 Å². The Bertz CT molecular complexity index is 1870. The van der Waals surface area contributed by atoms with Crippen molar-refractivity contribution in [3.8, 4) is 34.8 Å². The lowest BCUT2D eigenvalue weighted by Gasteiger charge is -2.41. The molecule has 5 aliphatic rings. The van der Waals surface area contributed by atoms with Crippen LogP contribution in [-0.2, 0) is 24.5 Å². The molecule has 0 saturated carbocycles. The fourth-order valence-electron chi connectivity index (χ4n) is 8.43. The number of fused-ring (bicyclic) bond motifs is 5. The summed E-state index contributed by atoms with van der Waals surface area (Å²) in [5.74, 6) is 11.8. The van der Waals surface area contributed by atoms with E-state index in [1.807, 2.05) is 36.4 Å². The average molecular weight is 747 g/mol. The zero-order valence-electron chi connectivity index (χ0n) is 29.6. The molecule has 4 heterocycles. The summed E-state index contributed by atoms with van der Waals surface area (Å²) in [7, 11) is 0. The zero-order valence-corrected chi connectivity index (χ0v) is 29.6. The van der Waals surface area contributed by atoms with E-state index in [-0.39, 0.29) is 31.4 Å².